The van der Waals surface area contributed by atoms with Gasteiger partial charge in [0.1, 0.15) is 22.8 Å². The smallest absolute Gasteiger partial charge is 0.261 e. The van der Waals surface area contributed by atoms with E-state index < -0.39 is 22.0 Å². The second-order valence-electron chi connectivity index (χ2n) is 7.90. The predicted molar refractivity (Wildman–Crippen MR) is 118 cm³/mol. The molecule has 10 heteroatoms. The summed E-state index contributed by atoms with van der Waals surface area (Å²) in [6.45, 7) is 1.88. The molecule has 0 saturated carbocycles. The maximum atomic E-state index is 14.6. The van der Waals surface area contributed by atoms with E-state index >= 15 is 0 Å². The van der Waals surface area contributed by atoms with Crippen LogP contribution in [0.3, 0.4) is 0 Å². The molecule has 0 amide bonds. The summed E-state index contributed by atoms with van der Waals surface area (Å²) in [6, 6.07) is 2.82. The maximum Gasteiger partial charge on any atom is 0.261 e. The Hall–Kier alpha value is -1.33. The third-order valence-corrected chi connectivity index (χ3v) is 8.76. The molecule has 2 fully saturated rings. The second-order valence-corrected chi connectivity index (χ2v) is 11.6. The fraction of sp³-hybridized carbons (Fsp3) is 0.600. The first-order valence-corrected chi connectivity index (χ1v) is 13.1. The molecule has 0 unspecified atom stereocenters. The molecule has 2 aliphatic rings. The summed E-state index contributed by atoms with van der Waals surface area (Å²) in [7, 11) is -2.43. The number of H-pyrrole nitrogens is 1. The zero-order valence-electron chi connectivity index (χ0n) is 16.6. The fourth-order valence-electron chi connectivity index (χ4n) is 3.78. The van der Waals surface area contributed by atoms with Crippen molar-refractivity contribution in [3.8, 4) is 5.75 Å². The molecule has 2 aromatic rings. The van der Waals surface area contributed by atoms with Gasteiger partial charge in [-0.15, -0.1) is 0 Å². The molecule has 2 saturated heterocycles. The van der Waals surface area contributed by atoms with E-state index in [9.17, 15) is 18.3 Å². The average Bonchev–Trinajstić information content (AvgIpc) is 2.72. The average molecular weight is 459 g/mol. The van der Waals surface area contributed by atoms with Crippen LogP contribution in [0, 0.1) is 11.7 Å². The van der Waals surface area contributed by atoms with E-state index in [4.69, 9.17) is 9.47 Å². The topological polar surface area (TPSA) is 105 Å². The van der Waals surface area contributed by atoms with Crippen molar-refractivity contribution in [3.63, 3.8) is 0 Å². The number of benzene rings is 1. The summed E-state index contributed by atoms with van der Waals surface area (Å²) in [4.78, 5) is 19.6. The summed E-state index contributed by atoms with van der Waals surface area (Å²) in [5, 5.41) is 0.411. The summed E-state index contributed by atoms with van der Waals surface area (Å²) >= 11 is 1.73. The lowest BCUT2D eigenvalue weighted by molar-refractivity contribution is 0.1000. The van der Waals surface area contributed by atoms with Crippen molar-refractivity contribution in [1.82, 2.24) is 9.97 Å². The lowest BCUT2D eigenvalue weighted by Gasteiger charge is -2.39. The minimum absolute atomic E-state index is 0.0613. The SMILES string of the molecule is O=c1[nH]c(CSC2CCOCC2)nc2cc(OCC3CCS(O)(O)CC3)cc(F)c12. The lowest BCUT2D eigenvalue weighted by Crippen LogP contribution is -2.24. The maximum absolute atomic E-state index is 14.6. The van der Waals surface area contributed by atoms with Crippen LogP contribution in [-0.2, 0) is 10.5 Å². The quantitative estimate of drug-likeness (QED) is 0.601. The minimum atomic E-state index is -2.43. The first-order valence-electron chi connectivity index (χ1n) is 10.2. The molecule has 0 atom stereocenters. The van der Waals surface area contributed by atoms with E-state index in [-0.39, 0.29) is 16.8 Å². The minimum Gasteiger partial charge on any atom is -0.493 e. The monoisotopic (exact) mass is 458 g/mol. The molecule has 3 N–H and O–H groups in total. The van der Waals surface area contributed by atoms with Crippen molar-refractivity contribution < 1.29 is 23.0 Å². The van der Waals surface area contributed by atoms with Gasteiger partial charge in [0.25, 0.3) is 5.56 Å². The van der Waals surface area contributed by atoms with Crippen LogP contribution in [0.5, 0.6) is 5.75 Å². The third kappa shape index (κ3) is 5.47. The highest BCUT2D eigenvalue weighted by molar-refractivity contribution is 8.24. The number of ether oxygens (including phenoxy) is 2. The largest absolute Gasteiger partial charge is 0.493 e. The van der Waals surface area contributed by atoms with Gasteiger partial charge in [-0.3, -0.25) is 13.9 Å². The van der Waals surface area contributed by atoms with Gasteiger partial charge in [-0.05, 0) is 31.6 Å². The number of halogens is 1. The highest BCUT2D eigenvalue weighted by atomic mass is 32.3. The number of rotatable bonds is 6. The number of hydrogen-bond donors (Lipinski definition) is 3. The van der Waals surface area contributed by atoms with Crippen molar-refractivity contribution in [2.24, 2.45) is 5.92 Å². The molecule has 0 bridgehead atoms. The molecule has 0 spiro atoms. The lowest BCUT2D eigenvalue weighted by atomic mass is 10.0. The van der Waals surface area contributed by atoms with Gasteiger partial charge in [0.15, 0.2) is 0 Å². The van der Waals surface area contributed by atoms with Crippen molar-refractivity contribution >= 4 is 33.3 Å². The van der Waals surface area contributed by atoms with Crippen molar-refractivity contribution in [2.75, 3.05) is 31.3 Å². The van der Waals surface area contributed by atoms with Crippen LogP contribution in [0.4, 0.5) is 4.39 Å². The van der Waals surface area contributed by atoms with E-state index in [1.54, 1.807) is 17.8 Å². The van der Waals surface area contributed by atoms with Gasteiger partial charge < -0.3 is 14.5 Å². The van der Waals surface area contributed by atoms with Gasteiger partial charge in [-0.1, -0.05) is 0 Å². The third-order valence-electron chi connectivity index (χ3n) is 5.60. The molecule has 3 heterocycles. The molecule has 4 rings (SSSR count). The van der Waals surface area contributed by atoms with E-state index in [0.717, 1.165) is 26.1 Å². The summed E-state index contributed by atoms with van der Waals surface area (Å²) in [5.74, 6) is 1.73. The van der Waals surface area contributed by atoms with Gasteiger partial charge in [-0.2, -0.15) is 22.4 Å². The molecule has 1 aromatic carbocycles. The predicted octanol–water partition coefficient (Wildman–Crippen LogP) is 4.01. The van der Waals surface area contributed by atoms with Gasteiger partial charge in [-0.25, -0.2) is 9.37 Å². The summed E-state index contributed by atoms with van der Waals surface area (Å²) in [5.41, 5.74) is -0.196. The normalized spacial score (nSPS) is 21.6. The van der Waals surface area contributed by atoms with E-state index in [1.807, 2.05) is 0 Å². The van der Waals surface area contributed by atoms with Crippen molar-refractivity contribution in [3.05, 3.63) is 34.1 Å². The Bertz CT molecular complexity index is 939. The molecule has 0 radical (unpaired) electrons. The molecule has 7 nitrogen and oxygen atoms in total. The number of nitrogens with one attached hydrogen (secondary N) is 1. The second kappa shape index (κ2) is 9.44. The van der Waals surface area contributed by atoms with E-state index in [1.165, 1.54) is 6.07 Å². The number of thioether (sulfide) groups is 1. The molecular formula is C20H27FN2O5S2. The Morgan fingerprint density at radius 2 is 1.97 bits per heavy atom. The summed E-state index contributed by atoms with van der Waals surface area (Å²) in [6.07, 6.45) is 3.30. The Kier molecular flexibility index (Phi) is 6.88. The van der Waals surface area contributed by atoms with Crippen LogP contribution < -0.4 is 10.3 Å². The molecule has 2 aliphatic heterocycles. The summed E-state index contributed by atoms with van der Waals surface area (Å²) < 4.78 is 45.1. The molecule has 1 aromatic heterocycles. The Balaban J connectivity index is 1.45. The molecule has 30 heavy (non-hydrogen) atoms. The van der Waals surface area contributed by atoms with Gasteiger partial charge in [0, 0.05) is 42.1 Å². The van der Waals surface area contributed by atoms with Gasteiger partial charge >= 0.3 is 0 Å². The molecule has 166 valence electrons. The van der Waals surface area contributed by atoms with Crippen molar-refractivity contribution in [2.45, 2.75) is 36.7 Å². The fourth-order valence-corrected chi connectivity index (χ4v) is 6.46. The number of nitrogens with zero attached hydrogens (tertiary/aromatic N) is 1. The van der Waals surface area contributed by atoms with E-state index in [2.05, 4.69) is 9.97 Å². The van der Waals surface area contributed by atoms with E-state index in [0.29, 0.717) is 53.5 Å². The van der Waals surface area contributed by atoms with Crippen LogP contribution in [0.15, 0.2) is 16.9 Å². The van der Waals surface area contributed by atoms with Gasteiger partial charge in [0.05, 0.1) is 17.9 Å². The van der Waals surface area contributed by atoms with Crippen LogP contribution in [0.25, 0.3) is 10.9 Å². The Morgan fingerprint density at radius 3 is 2.70 bits per heavy atom. The Morgan fingerprint density at radius 1 is 1.23 bits per heavy atom. The first kappa shape index (κ1) is 21.9. The van der Waals surface area contributed by atoms with Crippen LogP contribution in [-0.4, -0.2) is 55.6 Å². The number of hydrogen-bond acceptors (Lipinski definition) is 7. The van der Waals surface area contributed by atoms with Crippen LogP contribution in [0.1, 0.15) is 31.5 Å². The zero-order chi connectivity index (χ0) is 21.1. The van der Waals surface area contributed by atoms with Crippen LogP contribution >= 0.6 is 22.4 Å². The zero-order valence-corrected chi connectivity index (χ0v) is 18.3. The number of fused-ring (bicyclic) bond motifs is 1. The Labute approximate surface area is 180 Å². The highest BCUT2D eigenvalue weighted by Gasteiger charge is 2.24. The first-order chi connectivity index (χ1) is 14.4. The van der Waals surface area contributed by atoms with Crippen molar-refractivity contribution in [1.29, 1.82) is 0 Å². The number of aromatic nitrogens is 2. The standard InChI is InChI=1S/C20H27FN2O5S2/c21-16-9-14(28-11-13-3-7-30(25,26)8-4-13)10-17-19(16)20(24)23-18(22-17)12-29-15-1-5-27-6-2-15/h9-10,13,15,25-26H,1-8,11-12H2,(H,22,23,24). The number of aromatic amines is 1. The van der Waals surface area contributed by atoms with Crippen LogP contribution in [0.2, 0.25) is 0 Å². The molecule has 0 aliphatic carbocycles. The van der Waals surface area contributed by atoms with Gasteiger partial charge in [0.2, 0.25) is 0 Å². The highest BCUT2D eigenvalue weighted by Crippen LogP contribution is 2.45. The molecular weight excluding hydrogens is 431 g/mol.